The third-order valence-electron chi connectivity index (χ3n) is 6.16. The van der Waals surface area contributed by atoms with Gasteiger partial charge in [-0.1, -0.05) is 6.07 Å². The van der Waals surface area contributed by atoms with E-state index in [1.807, 2.05) is 48.9 Å². The highest BCUT2D eigenvalue weighted by Gasteiger charge is 2.31. The van der Waals surface area contributed by atoms with Crippen LogP contribution < -0.4 is 4.74 Å². The van der Waals surface area contributed by atoms with Crippen molar-refractivity contribution >= 4 is 17.2 Å². The second kappa shape index (κ2) is 7.71. The fourth-order valence-corrected chi connectivity index (χ4v) is 4.36. The molecule has 1 N–H and O–H groups in total. The summed E-state index contributed by atoms with van der Waals surface area (Å²) >= 11 is 0. The van der Waals surface area contributed by atoms with E-state index >= 15 is 0 Å². The van der Waals surface area contributed by atoms with Crippen LogP contribution in [0.25, 0.3) is 22.2 Å². The van der Waals surface area contributed by atoms with Gasteiger partial charge in [0.1, 0.15) is 23.6 Å². The third-order valence-corrected chi connectivity index (χ3v) is 6.16. The van der Waals surface area contributed by atoms with Crippen molar-refractivity contribution in [1.82, 2.24) is 15.0 Å². The van der Waals surface area contributed by atoms with Gasteiger partial charge in [-0.3, -0.25) is 5.01 Å². The summed E-state index contributed by atoms with van der Waals surface area (Å²) in [6.07, 6.45) is 7.64. The van der Waals surface area contributed by atoms with Crippen LogP contribution in [0.15, 0.2) is 41.8 Å². The number of hydrogen-bond donors (Lipinski definition) is 1. The lowest BCUT2D eigenvalue weighted by Gasteiger charge is -2.24. The number of pyridine rings is 1. The number of rotatable bonds is 4. The first-order valence-electron chi connectivity index (χ1n) is 10.6. The molecule has 7 nitrogen and oxygen atoms in total. The standard InChI is InChI=1S/C24H25N5O2/c1-24(14-28-29(2)15-24)18-10-20-21(13-27-23(20)26-12-18)16-3-4-22(17(9-16)11-25)31-19-5-7-30-8-6-19/h3-4,9-10,12-14,19H,5-8,15H2,1-2H3,(H,26,27). The Morgan fingerprint density at radius 1 is 1.29 bits per heavy atom. The largest absolute Gasteiger partial charge is 0.489 e. The Hall–Kier alpha value is -3.37. The summed E-state index contributed by atoms with van der Waals surface area (Å²) in [6, 6.07) is 10.3. The molecule has 0 saturated carbocycles. The van der Waals surface area contributed by atoms with Gasteiger partial charge in [0.05, 0.1) is 30.7 Å². The van der Waals surface area contributed by atoms with Gasteiger partial charge in [0.2, 0.25) is 0 Å². The summed E-state index contributed by atoms with van der Waals surface area (Å²) in [4.78, 5) is 7.90. The van der Waals surface area contributed by atoms with Gasteiger partial charge in [-0.2, -0.15) is 10.4 Å². The minimum absolute atomic E-state index is 0.0958. The monoisotopic (exact) mass is 415 g/mol. The highest BCUT2D eigenvalue weighted by Crippen LogP contribution is 2.35. The Labute approximate surface area is 181 Å². The average molecular weight is 415 g/mol. The van der Waals surface area contributed by atoms with Crippen molar-refractivity contribution in [2.24, 2.45) is 5.10 Å². The Morgan fingerprint density at radius 3 is 2.87 bits per heavy atom. The summed E-state index contributed by atoms with van der Waals surface area (Å²) in [7, 11) is 1.98. The molecule has 2 aliphatic heterocycles. The lowest BCUT2D eigenvalue weighted by molar-refractivity contribution is 0.0254. The topological polar surface area (TPSA) is 86.5 Å². The summed E-state index contributed by atoms with van der Waals surface area (Å²) in [5.74, 6) is 0.634. The predicted molar refractivity (Wildman–Crippen MR) is 119 cm³/mol. The Balaban J connectivity index is 1.49. The van der Waals surface area contributed by atoms with Crippen molar-refractivity contribution < 1.29 is 9.47 Å². The number of aromatic nitrogens is 2. The molecule has 1 aromatic carbocycles. The van der Waals surface area contributed by atoms with Crippen LogP contribution >= 0.6 is 0 Å². The van der Waals surface area contributed by atoms with E-state index in [1.54, 1.807) is 0 Å². The maximum absolute atomic E-state index is 9.74. The quantitative estimate of drug-likeness (QED) is 0.699. The number of likely N-dealkylation sites (N-methyl/N-ethyl adjacent to an activating group) is 1. The second-order valence-electron chi connectivity index (χ2n) is 8.55. The van der Waals surface area contributed by atoms with Crippen molar-refractivity contribution in [2.45, 2.75) is 31.3 Å². The zero-order valence-electron chi connectivity index (χ0n) is 17.8. The van der Waals surface area contributed by atoms with E-state index in [0.717, 1.165) is 47.1 Å². The van der Waals surface area contributed by atoms with Crippen molar-refractivity contribution in [3.05, 3.63) is 47.8 Å². The van der Waals surface area contributed by atoms with Gasteiger partial charge < -0.3 is 14.5 Å². The maximum Gasteiger partial charge on any atom is 0.137 e. The molecule has 2 aromatic heterocycles. The molecular formula is C24H25N5O2. The molecule has 1 unspecified atom stereocenters. The van der Waals surface area contributed by atoms with Crippen LogP contribution in [0.1, 0.15) is 30.9 Å². The first-order valence-corrected chi connectivity index (χ1v) is 10.6. The molecule has 1 fully saturated rings. The third kappa shape index (κ3) is 3.64. The number of nitrogens with one attached hydrogen (secondary N) is 1. The first kappa shape index (κ1) is 19.6. The van der Waals surface area contributed by atoms with Crippen molar-refractivity contribution in [2.75, 3.05) is 26.8 Å². The maximum atomic E-state index is 9.74. The number of nitrogens with zero attached hydrogens (tertiary/aromatic N) is 4. The predicted octanol–water partition coefficient (Wildman–Crippen LogP) is 3.85. The molecule has 0 bridgehead atoms. The molecule has 1 saturated heterocycles. The van der Waals surface area contributed by atoms with Crippen LogP contribution in [0, 0.1) is 11.3 Å². The number of hydrazone groups is 1. The second-order valence-corrected chi connectivity index (χ2v) is 8.55. The molecule has 2 aliphatic rings. The van der Waals surface area contributed by atoms with Gasteiger partial charge in [0, 0.05) is 49.4 Å². The molecule has 0 radical (unpaired) electrons. The number of aromatic amines is 1. The lowest BCUT2D eigenvalue weighted by atomic mass is 9.84. The average Bonchev–Trinajstić information content (AvgIpc) is 3.38. The van der Waals surface area contributed by atoms with Gasteiger partial charge in [-0.15, -0.1) is 0 Å². The van der Waals surface area contributed by atoms with E-state index in [1.165, 1.54) is 0 Å². The fourth-order valence-electron chi connectivity index (χ4n) is 4.36. The zero-order valence-corrected chi connectivity index (χ0v) is 17.8. The molecule has 0 amide bonds. The smallest absolute Gasteiger partial charge is 0.137 e. The molecule has 4 heterocycles. The summed E-state index contributed by atoms with van der Waals surface area (Å²) in [6.45, 7) is 4.39. The van der Waals surface area contributed by atoms with Crippen LogP contribution in [-0.4, -0.2) is 54.1 Å². The minimum Gasteiger partial charge on any atom is -0.489 e. The number of ether oxygens (including phenoxy) is 2. The number of fused-ring (bicyclic) bond motifs is 1. The number of nitriles is 1. The van der Waals surface area contributed by atoms with Crippen LogP contribution in [0.4, 0.5) is 0 Å². The number of H-pyrrole nitrogens is 1. The Bertz CT molecular complexity index is 1190. The molecule has 0 aliphatic carbocycles. The van der Waals surface area contributed by atoms with Gasteiger partial charge in [-0.05, 0) is 36.2 Å². The van der Waals surface area contributed by atoms with Gasteiger partial charge in [0.25, 0.3) is 0 Å². The lowest BCUT2D eigenvalue weighted by Crippen LogP contribution is -2.29. The van der Waals surface area contributed by atoms with E-state index in [2.05, 4.69) is 34.1 Å². The van der Waals surface area contributed by atoms with Crippen LogP contribution in [0.5, 0.6) is 5.75 Å². The van der Waals surface area contributed by atoms with Crippen molar-refractivity contribution in [1.29, 1.82) is 5.26 Å². The van der Waals surface area contributed by atoms with Crippen molar-refractivity contribution in [3.8, 4) is 22.9 Å². The molecule has 7 heteroatoms. The van der Waals surface area contributed by atoms with E-state index in [-0.39, 0.29) is 11.5 Å². The van der Waals surface area contributed by atoms with Crippen LogP contribution in [0.2, 0.25) is 0 Å². The summed E-state index contributed by atoms with van der Waals surface area (Å²) < 4.78 is 11.5. The molecule has 3 aromatic rings. The molecular weight excluding hydrogens is 390 g/mol. The number of benzene rings is 1. The number of hydrogen-bond acceptors (Lipinski definition) is 6. The highest BCUT2D eigenvalue weighted by atomic mass is 16.5. The van der Waals surface area contributed by atoms with Crippen LogP contribution in [0.3, 0.4) is 0 Å². The summed E-state index contributed by atoms with van der Waals surface area (Å²) in [5, 5.41) is 17.1. The van der Waals surface area contributed by atoms with Crippen molar-refractivity contribution in [3.63, 3.8) is 0 Å². The van der Waals surface area contributed by atoms with E-state index in [4.69, 9.17) is 9.47 Å². The summed E-state index contributed by atoms with van der Waals surface area (Å²) in [5.41, 5.74) is 4.29. The normalized spacial score (nSPS) is 21.5. The fraction of sp³-hybridized carbons (Fsp3) is 0.375. The Morgan fingerprint density at radius 2 is 2.13 bits per heavy atom. The SMILES string of the molecule is CN1CC(C)(c2cnc3[nH]cc(-c4ccc(OC5CCOCC5)c(C#N)c4)c3c2)C=N1. The van der Waals surface area contributed by atoms with E-state index < -0.39 is 0 Å². The van der Waals surface area contributed by atoms with E-state index in [0.29, 0.717) is 24.5 Å². The Kier molecular flexibility index (Phi) is 4.87. The van der Waals surface area contributed by atoms with Gasteiger partial charge in [-0.25, -0.2) is 4.98 Å². The molecule has 5 rings (SSSR count). The first-order chi connectivity index (χ1) is 15.1. The molecule has 158 valence electrons. The minimum atomic E-state index is -0.177. The molecule has 1 atom stereocenters. The van der Waals surface area contributed by atoms with E-state index in [9.17, 15) is 5.26 Å². The highest BCUT2D eigenvalue weighted by molar-refractivity contribution is 5.95. The zero-order chi connectivity index (χ0) is 21.4. The molecule has 0 spiro atoms. The van der Waals surface area contributed by atoms with Crippen LogP contribution in [-0.2, 0) is 10.2 Å². The van der Waals surface area contributed by atoms with Gasteiger partial charge >= 0.3 is 0 Å². The van der Waals surface area contributed by atoms with Gasteiger partial charge in [0.15, 0.2) is 0 Å². The molecule has 31 heavy (non-hydrogen) atoms.